The molecule has 10 nitrogen and oxygen atoms in total. The number of benzene rings is 2. The SMILES string of the molecule is COc1ccc(N(CC(=O)NN=C2CCCCCCCCCCC2)S(=O)(=O)c2ccc(C)c([N+](=O)[O-])c2)cc1. The number of nitro benzene ring substituents is 1. The number of anilines is 1. The van der Waals surface area contributed by atoms with Gasteiger partial charge < -0.3 is 4.74 Å². The molecule has 0 radical (unpaired) electrons. The Morgan fingerprint density at radius 3 is 2.08 bits per heavy atom. The van der Waals surface area contributed by atoms with Crippen LogP contribution in [0.4, 0.5) is 11.4 Å². The molecule has 1 saturated carbocycles. The summed E-state index contributed by atoms with van der Waals surface area (Å²) >= 11 is 0. The van der Waals surface area contributed by atoms with Gasteiger partial charge in [0.05, 0.1) is 22.6 Å². The predicted octanol–water partition coefficient (Wildman–Crippen LogP) is 5.88. The molecular formula is C28H38N4O6S. The highest BCUT2D eigenvalue weighted by Crippen LogP contribution is 2.29. The van der Waals surface area contributed by atoms with E-state index in [1.165, 1.54) is 70.4 Å². The molecule has 1 amide bonds. The summed E-state index contributed by atoms with van der Waals surface area (Å²) in [5.41, 5.74) is 3.71. The lowest BCUT2D eigenvalue weighted by molar-refractivity contribution is -0.385. The molecule has 0 saturated heterocycles. The Morgan fingerprint density at radius 2 is 1.54 bits per heavy atom. The normalized spacial score (nSPS) is 15.4. The van der Waals surface area contributed by atoms with Crippen molar-refractivity contribution in [1.82, 2.24) is 5.43 Å². The van der Waals surface area contributed by atoms with Crippen LogP contribution in [-0.4, -0.2) is 38.6 Å². The third-order valence-electron chi connectivity index (χ3n) is 6.88. The first-order chi connectivity index (χ1) is 18.7. The van der Waals surface area contributed by atoms with Crippen LogP contribution in [0.2, 0.25) is 0 Å². The Bertz CT molecular complexity index is 1250. The highest BCUT2D eigenvalue weighted by Gasteiger charge is 2.29. The number of nitrogens with one attached hydrogen (secondary N) is 1. The van der Waals surface area contributed by atoms with Gasteiger partial charge >= 0.3 is 0 Å². The Hall–Kier alpha value is -3.47. The Kier molecular flexibility index (Phi) is 11.3. The van der Waals surface area contributed by atoms with Crippen LogP contribution in [0.1, 0.15) is 76.2 Å². The van der Waals surface area contributed by atoms with E-state index >= 15 is 0 Å². The minimum Gasteiger partial charge on any atom is -0.497 e. The monoisotopic (exact) mass is 558 g/mol. The molecule has 0 atom stereocenters. The van der Waals surface area contributed by atoms with Crippen molar-refractivity contribution in [1.29, 1.82) is 0 Å². The Labute approximate surface area is 230 Å². The quantitative estimate of drug-likeness (QED) is 0.318. The lowest BCUT2D eigenvalue weighted by Crippen LogP contribution is -2.39. The fourth-order valence-corrected chi connectivity index (χ4v) is 6.02. The summed E-state index contributed by atoms with van der Waals surface area (Å²) in [5, 5.41) is 15.8. The van der Waals surface area contributed by atoms with E-state index in [2.05, 4.69) is 10.5 Å². The molecule has 2 aromatic carbocycles. The second kappa shape index (κ2) is 14.6. The molecule has 0 spiro atoms. The molecule has 0 unspecified atom stereocenters. The molecule has 0 bridgehead atoms. The minimum absolute atomic E-state index is 0.216. The number of aryl methyl sites for hydroxylation is 1. The largest absolute Gasteiger partial charge is 0.497 e. The van der Waals surface area contributed by atoms with Crippen molar-refractivity contribution in [3.63, 3.8) is 0 Å². The van der Waals surface area contributed by atoms with Gasteiger partial charge in [0.2, 0.25) is 0 Å². The first-order valence-electron chi connectivity index (χ1n) is 13.5. The molecule has 1 aliphatic carbocycles. The van der Waals surface area contributed by atoms with Gasteiger partial charge in [-0.2, -0.15) is 5.10 Å². The first kappa shape index (κ1) is 30.1. The van der Waals surface area contributed by atoms with Crippen LogP contribution < -0.4 is 14.5 Å². The molecule has 0 aliphatic heterocycles. The van der Waals surface area contributed by atoms with Crippen LogP contribution in [-0.2, 0) is 14.8 Å². The van der Waals surface area contributed by atoms with Crippen molar-refractivity contribution in [2.75, 3.05) is 18.0 Å². The summed E-state index contributed by atoms with van der Waals surface area (Å²) in [6.07, 6.45) is 12.1. The number of hydrazone groups is 1. The molecule has 0 heterocycles. The van der Waals surface area contributed by atoms with Crippen molar-refractivity contribution >= 4 is 33.0 Å². The fourth-order valence-electron chi connectivity index (χ4n) is 4.58. The maximum atomic E-state index is 13.7. The number of nitro groups is 1. The Balaban J connectivity index is 1.84. The van der Waals surface area contributed by atoms with Crippen molar-refractivity contribution in [2.24, 2.45) is 5.10 Å². The van der Waals surface area contributed by atoms with E-state index in [0.29, 0.717) is 11.3 Å². The molecule has 3 rings (SSSR count). The Morgan fingerprint density at radius 1 is 0.974 bits per heavy atom. The first-order valence-corrected chi connectivity index (χ1v) is 14.9. The average Bonchev–Trinajstić information content (AvgIpc) is 2.91. The van der Waals surface area contributed by atoms with Crippen LogP contribution in [0.25, 0.3) is 0 Å². The number of amides is 1. The van der Waals surface area contributed by atoms with Crippen molar-refractivity contribution in [3.05, 3.63) is 58.1 Å². The van der Waals surface area contributed by atoms with E-state index < -0.39 is 27.4 Å². The molecule has 2 aromatic rings. The van der Waals surface area contributed by atoms with E-state index in [9.17, 15) is 23.3 Å². The smallest absolute Gasteiger partial charge is 0.273 e. The van der Waals surface area contributed by atoms with Gasteiger partial charge in [-0.25, -0.2) is 13.8 Å². The summed E-state index contributed by atoms with van der Waals surface area (Å²) in [6.45, 7) is 0.984. The molecule has 0 aromatic heterocycles. The zero-order valence-electron chi connectivity index (χ0n) is 22.7. The highest BCUT2D eigenvalue weighted by atomic mass is 32.2. The van der Waals surface area contributed by atoms with Crippen molar-refractivity contribution < 1.29 is 22.9 Å². The molecule has 11 heteroatoms. The lowest BCUT2D eigenvalue weighted by atomic mass is 10.00. The van der Waals surface area contributed by atoms with Crippen LogP contribution in [0.15, 0.2) is 52.5 Å². The number of ether oxygens (including phenoxy) is 1. The van der Waals surface area contributed by atoms with E-state index in [1.54, 1.807) is 12.1 Å². The van der Waals surface area contributed by atoms with Gasteiger partial charge in [0.25, 0.3) is 21.6 Å². The molecule has 1 N–H and O–H groups in total. The molecule has 39 heavy (non-hydrogen) atoms. The summed E-state index contributed by atoms with van der Waals surface area (Å²) < 4.78 is 33.5. The van der Waals surface area contributed by atoms with Crippen LogP contribution in [0, 0.1) is 17.0 Å². The van der Waals surface area contributed by atoms with Crippen LogP contribution in [0.3, 0.4) is 0 Å². The van der Waals surface area contributed by atoms with Crippen LogP contribution >= 0.6 is 0 Å². The number of hydrogen-bond acceptors (Lipinski definition) is 7. The van der Waals surface area contributed by atoms with E-state index in [1.807, 2.05) is 0 Å². The van der Waals surface area contributed by atoms with Gasteiger partial charge in [0.1, 0.15) is 12.3 Å². The molecule has 1 fully saturated rings. The fraction of sp³-hybridized carbons (Fsp3) is 0.500. The molecule has 212 valence electrons. The number of methoxy groups -OCH3 is 1. The number of carbonyl (C=O) groups is 1. The second-order valence-corrected chi connectivity index (χ2v) is 11.7. The summed E-state index contributed by atoms with van der Waals surface area (Å²) in [4.78, 5) is 23.6. The second-order valence-electron chi connectivity index (χ2n) is 9.81. The van der Waals surface area contributed by atoms with Crippen molar-refractivity contribution in [3.8, 4) is 5.75 Å². The summed E-state index contributed by atoms with van der Waals surface area (Å²) in [5.74, 6) is -0.0879. The van der Waals surface area contributed by atoms with Gasteiger partial charge in [-0.15, -0.1) is 0 Å². The number of hydrogen-bond donors (Lipinski definition) is 1. The minimum atomic E-state index is -4.33. The number of nitrogens with zero attached hydrogens (tertiary/aromatic N) is 3. The van der Waals surface area contributed by atoms with Gasteiger partial charge in [0.15, 0.2) is 0 Å². The van der Waals surface area contributed by atoms with Gasteiger partial charge in [0, 0.05) is 17.3 Å². The summed E-state index contributed by atoms with van der Waals surface area (Å²) in [7, 11) is -2.84. The lowest BCUT2D eigenvalue weighted by Gasteiger charge is -2.24. The molecular weight excluding hydrogens is 520 g/mol. The topological polar surface area (TPSA) is 131 Å². The zero-order chi connectivity index (χ0) is 28.3. The standard InChI is InChI=1S/C28H38N4O6S/c1-22-14-19-26(20-27(22)32(34)35)39(36,37)31(24-15-17-25(38-2)18-16-24)21-28(33)30-29-23-12-10-8-6-4-3-5-7-9-11-13-23/h14-20H,3-13,21H2,1-2H3,(H,30,33). The third kappa shape index (κ3) is 8.77. The van der Waals surface area contributed by atoms with Crippen molar-refractivity contribution in [2.45, 2.75) is 82.4 Å². The predicted molar refractivity (Wildman–Crippen MR) is 152 cm³/mol. The zero-order valence-corrected chi connectivity index (χ0v) is 23.5. The highest BCUT2D eigenvalue weighted by molar-refractivity contribution is 7.92. The third-order valence-corrected chi connectivity index (χ3v) is 8.65. The maximum Gasteiger partial charge on any atom is 0.273 e. The number of sulfonamides is 1. The summed E-state index contributed by atoms with van der Waals surface area (Å²) in [6, 6.07) is 9.90. The number of carbonyl (C=O) groups excluding carboxylic acids is 1. The van der Waals surface area contributed by atoms with Crippen LogP contribution in [0.5, 0.6) is 5.75 Å². The van der Waals surface area contributed by atoms with Gasteiger partial charge in [-0.05, 0) is 62.9 Å². The number of rotatable bonds is 8. The van der Waals surface area contributed by atoms with E-state index in [0.717, 1.165) is 54.6 Å². The molecule has 1 aliphatic rings. The van der Waals surface area contributed by atoms with Gasteiger partial charge in [-0.3, -0.25) is 19.2 Å². The van der Waals surface area contributed by atoms with E-state index in [-0.39, 0.29) is 16.3 Å². The maximum absolute atomic E-state index is 13.7. The average molecular weight is 559 g/mol. The van der Waals surface area contributed by atoms with E-state index in [4.69, 9.17) is 4.74 Å². The van der Waals surface area contributed by atoms with Gasteiger partial charge in [-0.1, -0.05) is 51.0 Å².